The van der Waals surface area contributed by atoms with E-state index in [4.69, 9.17) is 4.74 Å². The van der Waals surface area contributed by atoms with Gasteiger partial charge in [0.1, 0.15) is 12.3 Å². The predicted molar refractivity (Wildman–Crippen MR) is 193 cm³/mol. The van der Waals surface area contributed by atoms with E-state index < -0.39 is 36.3 Å². The van der Waals surface area contributed by atoms with Crippen molar-refractivity contribution in [3.63, 3.8) is 0 Å². The zero-order chi connectivity index (χ0) is 36.4. The van der Waals surface area contributed by atoms with E-state index in [9.17, 15) is 29.1 Å². The van der Waals surface area contributed by atoms with Crippen LogP contribution >= 0.6 is 0 Å². The van der Waals surface area contributed by atoms with Crippen molar-refractivity contribution in [2.45, 2.75) is 26.7 Å². The molecule has 0 bridgehead atoms. The number of carboxylic acids is 1. The Labute approximate surface area is 291 Å². The third-order valence-corrected chi connectivity index (χ3v) is 8.33. The maximum Gasteiger partial charge on any atom is 0.319 e. The van der Waals surface area contributed by atoms with Crippen LogP contribution in [0, 0.1) is 13.8 Å². The molecule has 5 amide bonds. The molecule has 0 fully saturated rings. The summed E-state index contributed by atoms with van der Waals surface area (Å²) >= 11 is 0. The zero-order valence-corrected chi connectivity index (χ0v) is 28.7. The molecule has 0 aromatic heterocycles. The normalized spacial score (nSPS) is 11.1. The zero-order valence-electron chi connectivity index (χ0n) is 28.7. The number of ether oxygens (including phenoxy) is 1. The number of carbonyl (C=O) groups excluding carboxylic acids is 4. The van der Waals surface area contributed by atoms with Gasteiger partial charge in [-0.2, -0.15) is 0 Å². The number of amides is 5. The summed E-state index contributed by atoms with van der Waals surface area (Å²) in [5.41, 5.74) is 4.59. The van der Waals surface area contributed by atoms with Crippen LogP contribution in [0.15, 0.2) is 97.1 Å². The smallest absolute Gasteiger partial charge is 0.319 e. The van der Waals surface area contributed by atoms with Gasteiger partial charge in [0.05, 0.1) is 12.5 Å². The predicted octanol–water partition coefficient (Wildman–Crippen LogP) is 5.35. The first-order chi connectivity index (χ1) is 23.8. The van der Waals surface area contributed by atoms with Gasteiger partial charge in [0.2, 0.25) is 11.8 Å². The summed E-state index contributed by atoms with van der Waals surface area (Å²) in [4.78, 5) is 68.4. The second-order valence-electron chi connectivity index (χ2n) is 11.7. The number of carbonyl (C=O) groups is 5. The molecule has 0 saturated carbocycles. The molecule has 12 nitrogen and oxygen atoms in total. The highest BCUT2D eigenvalue weighted by molar-refractivity contribution is 6.05. The van der Waals surface area contributed by atoms with Gasteiger partial charge in [0.15, 0.2) is 6.61 Å². The fraction of sp³-hybridized carbons (Fsp3) is 0.237. The maximum absolute atomic E-state index is 13.6. The van der Waals surface area contributed by atoms with Crippen molar-refractivity contribution in [1.29, 1.82) is 0 Å². The molecule has 0 saturated heterocycles. The van der Waals surface area contributed by atoms with E-state index in [1.165, 1.54) is 21.6 Å². The average molecular weight is 680 g/mol. The molecule has 1 unspecified atom stereocenters. The highest BCUT2D eigenvalue weighted by Crippen LogP contribution is 2.25. The van der Waals surface area contributed by atoms with Crippen LogP contribution in [0.1, 0.15) is 29.5 Å². The molecule has 3 N–H and O–H groups in total. The van der Waals surface area contributed by atoms with Crippen molar-refractivity contribution in [3.8, 4) is 5.75 Å². The Morgan fingerprint density at radius 1 is 0.760 bits per heavy atom. The fourth-order valence-electron chi connectivity index (χ4n) is 5.03. The van der Waals surface area contributed by atoms with Gasteiger partial charge in [-0.25, -0.2) is 4.79 Å². The van der Waals surface area contributed by atoms with E-state index in [0.29, 0.717) is 28.4 Å². The summed E-state index contributed by atoms with van der Waals surface area (Å²) in [6.45, 7) is 4.35. The number of anilines is 4. The van der Waals surface area contributed by atoms with Crippen LogP contribution in [0.25, 0.3) is 0 Å². The van der Waals surface area contributed by atoms with Crippen LogP contribution in [-0.2, 0) is 19.2 Å². The first kappa shape index (κ1) is 36.7. The van der Waals surface area contributed by atoms with E-state index in [-0.39, 0.29) is 19.1 Å². The van der Waals surface area contributed by atoms with Gasteiger partial charge >= 0.3 is 12.0 Å². The van der Waals surface area contributed by atoms with Gasteiger partial charge in [-0.1, -0.05) is 48.5 Å². The summed E-state index contributed by atoms with van der Waals surface area (Å²) in [6.07, 6.45) is 0. The Bertz CT molecular complexity index is 1860. The number of hydrogen-bond donors (Lipinski definition) is 3. The van der Waals surface area contributed by atoms with Gasteiger partial charge in [-0.3, -0.25) is 19.2 Å². The minimum atomic E-state index is -1.00. The number of para-hydroxylation sites is 1. The SMILES string of the molecule is Cc1cccc(N(C)C(=O)COc2cccc(N(CC(=O)N(C)c3ccccc3)C(=O)CNC(=O)Nc3cccc(C(C)C(=O)O)c3)c2)c1C. The average Bonchev–Trinajstić information content (AvgIpc) is 3.12. The fourth-order valence-corrected chi connectivity index (χ4v) is 5.03. The van der Waals surface area contributed by atoms with Crippen molar-refractivity contribution in [2.24, 2.45) is 0 Å². The van der Waals surface area contributed by atoms with Crippen LogP contribution in [0.4, 0.5) is 27.5 Å². The second kappa shape index (κ2) is 16.8. The molecule has 0 spiro atoms. The number of likely N-dealkylation sites (N-methyl/N-ethyl adjacent to an activating group) is 2. The van der Waals surface area contributed by atoms with Crippen LogP contribution in [0.5, 0.6) is 5.75 Å². The first-order valence-electron chi connectivity index (χ1n) is 15.9. The highest BCUT2D eigenvalue weighted by atomic mass is 16.5. The van der Waals surface area contributed by atoms with Gasteiger partial charge in [-0.15, -0.1) is 0 Å². The Kier molecular flexibility index (Phi) is 12.3. The molecular weight excluding hydrogens is 638 g/mol. The summed E-state index contributed by atoms with van der Waals surface area (Å²) in [5, 5.41) is 14.4. The van der Waals surface area contributed by atoms with Crippen molar-refractivity contribution >= 4 is 52.5 Å². The quantitative estimate of drug-likeness (QED) is 0.173. The largest absolute Gasteiger partial charge is 0.484 e. The topological polar surface area (TPSA) is 149 Å². The summed E-state index contributed by atoms with van der Waals surface area (Å²) in [5.74, 6) is -2.75. The van der Waals surface area contributed by atoms with E-state index in [2.05, 4.69) is 10.6 Å². The standard InChI is InChI=1S/C38H41N5O7/c1-25-12-9-19-33(26(25)2)42(5)36(46)24-50-32-18-11-17-31(21-32)43(23-35(45)41(4)30-15-7-6-8-16-30)34(44)22-39-38(49)40-29-14-10-13-28(20-29)27(3)37(47)48/h6-21,27H,22-24H2,1-5H3,(H,47,48)(H2,39,40,49). The summed E-state index contributed by atoms with van der Waals surface area (Å²) < 4.78 is 5.84. The molecule has 0 aliphatic carbocycles. The lowest BCUT2D eigenvalue weighted by atomic mass is 10.0. The van der Waals surface area contributed by atoms with Crippen LogP contribution in [-0.4, -0.2) is 68.6 Å². The Morgan fingerprint density at radius 3 is 2.16 bits per heavy atom. The van der Waals surface area contributed by atoms with E-state index in [1.807, 2.05) is 38.1 Å². The summed E-state index contributed by atoms with van der Waals surface area (Å²) in [7, 11) is 3.28. The molecule has 260 valence electrons. The minimum Gasteiger partial charge on any atom is -0.484 e. The molecule has 12 heteroatoms. The lowest BCUT2D eigenvalue weighted by Crippen LogP contribution is -2.46. The van der Waals surface area contributed by atoms with Gasteiger partial charge in [-0.05, 0) is 79.9 Å². The number of aryl methyl sites for hydroxylation is 1. The second-order valence-corrected chi connectivity index (χ2v) is 11.7. The number of urea groups is 1. The van der Waals surface area contributed by atoms with Gasteiger partial charge in [0.25, 0.3) is 5.91 Å². The molecule has 4 aromatic carbocycles. The van der Waals surface area contributed by atoms with E-state index >= 15 is 0 Å². The first-order valence-corrected chi connectivity index (χ1v) is 15.9. The van der Waals surface area contributed by atoms with Crippen LogP contribution < -0.4 is 30.1 Å². The maximum atomic E-state index is 13.6. The molecule has 0 heterocycles. The lowest BCUT2D eigenvalue weighted by molar-refractivity contribution is -0.138. The molecule has 4 aromatic rings. The Morgan fingerprint density at radius 2 is 1.44 bits per heavy atom. The van der Waals surface area contributed by atoms with Crippen molar-refractivity contribution in [1.82, 2.24) is 5.32 Å². The number of nitrogens with zero attached hydrogens (tertiary/aromatic N) is 3. The van der Waals surface area contributed by atoms with Crippen molar-refractivity contribution in [3.05, 3.63) is 114 Å². The number of nitrogens with one attached hydrogen (secondary N) is 2. The molecule has 0 radical (unpaired) electrons. The number of aliphatic carboxylic acids is 1. The van der Waals surface area contributed by atoms with Crippen molar-refractivity contribution < 1.29 is 33.8 Å². The van der Waals surface area contributed by atoms with Crippen LogP contribution in [0.2, 0.25) is 0 Å². The monoisotopic (exact) mass is 679 g/mol. The van der Waals surface area contributed by atoms with Gasteiger partial charge < -0.3 is 35.2 Å². The Balaban J connectivity index is 1.49. The third kappa shape index (κ3) is 9.47. The number of carboxylic acid groups (broad SMARTS) is 1. The molecular formula is C38H41N5O7. The number of rotatable bonds is 13. The van der Waals surface area contributed by atoms with E-state index in [1.54, 1.807) is 86.9 Å². The number of benzene rings is 4. The van der Waals surface area contributed by atoms with Crippen LogP contribution in [0.3, 0.4) is 0 Å². The molecule has 0 aliphatic rings. The Hall–Kier alpha value is -6.17. The third-order valence-electron chi connectivity index (χ3n) is 8.33. The molecule has 0 aliphatic heterocycles. The molecule has 50 heavy (non-hydrogen) atoms. The number of hydrogen-bond acceptors (Lipinski definition) is 6. The summed E-state index contributed by atoms with van der Waals surface area (Å²) in [6, 6.07) is 26.8. The van der Waals surface area contributed by atoms with Gasteiger partial charge in [0, 0.05) is 42.9 Å². The molecule has 1 atom stereocenters. The minimum absolute atomic E-state index is 0.273. The molecule has 4 rings (SSSR count). The van der Waals surface area contributed by atoms with Crippen molar-refractivity contribution in [2.75, 3.05) is 53.8 Å². The highest BCUT2D eigenvalue weighted by Gasteiger charge is 2.24. The van der Waals surface area contributed by atoms with E-state index in [0.717, 1.165) is 16.8 Å². The lowest BCUT2D eigenvalue weighted by Gasteiger charge is -2.26.